The van der Waals surface area contributed by atoms with Crippen molar-refractivity contribution in [3.8, 4) is 0 Å². The summed E-state index contributed by atoms with van der Waals surface area (Å²) in [6, 6.07) is 0. The Morgan fingerprint density at radius 3 is 1.01 bits per heavy atom. The van der Waals surface area contributed by atoms with Crippen LogP contribution in [-0.2, 0) is 0 Å². The van der Waals surface area contributed by atoms with Gasteiger partial charge in [-0.15, -0.1) is 0 Å². The van der Waals surface area contributed by atoms with E-state index in [0.29, 0.717) is 6.92 Å². The lowest BCUT2D eigenvalue weighted by Crippen LogP contribution is -2.44. The lowest BCUT2D eigenvalue weighted by molar-refractivity contribution is -0.0376. The predicted octanol–water partition coefficient (Wildman–Crippen LogP) is 28.3. The molecule has 0 aromatic carbocycles. The predicted molar refractivity (Wildman–Crippen MR) is 370 cm³/mol. The minimum Gasteiger partial charge on any atom is -0.0654 e. The van der Waals surface area contributed by atoms with E-state index < -0.39 is 77.9 Å². The van der Waals surface area contributed by atoms with Crippen LogP contribution in [0, 0.1) is 124 Å². The van der Waals surface area contributed by atoms with Gasteiger partial charge in [0.05, 0.1) is 0 Å². The van der Waals surface area contributed by atoms with Crippen molar-refractivity contribution in [2.24, 2.45) is 124 Å². The van der Waals surface area contributed by atoms with E-state index in [9.17, 15) is 0 Å². The Hall–Kier alpha value is 0. The minimum absolute atomic E-state index is 0.160. The van der Waals surface area contributed by atoms with Gasteiger partial charge in [0.15, 0.2) is 0 Å². The first-order valence-electron chi connectivity index (χ1n) is 48.9. The molecule has 0 heterocycles. The van der Waals surface area contributed by atoms with E-state index in [1.165, 1.54) is 148 Å². The fourth-order valence-electron chi connectivity index (χ4n) is 17.5. The Bertz CT molecular complexity index is 2160. The highest BCUT2D eigenvalue weighted by atomic mass is 14.5. The summed E-state index contributed by atoms with van der Waals surface area (Å²) < 4.78 is 184. The first kappa shape index (κ1) is 44.4. The standard InChI is InChI=1S/C12H20.C11H18.C8H14.C8H16.2C7H14.C6H12.2C6H14.2C5H12/c1-2-12-10-4-8-3-9(6-10)7-11(12)5-8;1-7-10-3-8-2-9(5-10)6-11(7)4-8;1-6-4-7-2-3-8(6)5-7;1-2-8-6-4-3-5-7-8;1-7-5-3-2-4-6-7;1-2-7-5-3-4-6-7;1-6-4-2-3-5-6;1-5-6(2,3)4;1-4-5-6(2)3;2*1-4-5(2)3/h8-12H,2-7H2,1H3;7-11H,2-6H2,1H3;6-8H,2-5H2,1H3;8H,2-7H2,1H3;2*7H,2-6H2,1H3;6H,2-5H2,1H3;5H2,1-4H3;6H,4-5H2,1-3H3;2*5H,4H2,1-3H3/i;;;;;;;2D3,3D3,4D3,5D2;;2D3,3D3,4D2,5D;2D3,3D3. The second-order valence-corrected chi connectivity index (χ2v) is 29.8. The van der Waals surface area contributed by atoms with Gasteiger partial charge in [0.25, 0.3) is 0 Å². The van der Waals surface area contributed by atoms with Gasteiger partial charge in [-0.25, -0.2) is 0 Å². The molecule has 0 aromatic rings. The van der Waals surface area contributed by atoms with Crippen LogP contribution in [0.2, 0.25) is 0 Å². The molecule has 3 unspecified atom stereocenters. The molecule has 14 rings (SSSR count). The van der Waals surface area contributed by atoms with E-state index in [4.69, 9.17) is 35.6 Å². The summed E-state index contributed by atoms with van der Waals surface area (Å²) in [4.78, 5) is 0. The third-order valence-corrected chi connectivity index (χ3v) is 22.5. The lowest BCUT2D eigenvalue weighted by Gasteiger charge is -2.54. The topological polar surface area (TPSA) is 0 Å². The smallest absolute Gasteiger partial charge is 0.0297 e. The summed E-state index contributed by atoms with van der Waals surface area (Å²) in [5.74, 6) is 15.7. The lowest BCUT2D eigenvalue weighted by atomic mass is 9.51. The molecular weight excluding hydrogens is 973 g/mol. The van der Waals surface area contributed by atoms with Crippen LogP contribution in [0.4, 0.5) is 0 Å². The zero-order chi connectivity index (χ0) is 82.3. The number of fused-ring (bicyclic) bond motifs is 2. The Morgan fingerprint density at radius 1 is 0.420 bits per heavy atom. The molecule has 3 atom stereocenters. The molecule has 14 fully saturated rings. The van der Waals surface area contributed by atoms with Crippen LogP contribution in [0.3, 0.4) is 0 Å². The van der Waals surface area contributed by atoms with Crippen molar-refractivity contribution in [2.75, 3.05) is 0 Å². The molecule has 0 nitrogen and oxygen atoms in total. The molecule has 10 bridgehead atoms. The quantitative estimate of drug-likeness (QED) is 0.238. The van der Waals surface area contributed by atoms with Crippen molar-refractivity contribution in [1.29, 1.82) is 0 Å². The van der Waals surface area contributed by atoms with Gasteiger partial charge in [0, 0.05) is 35.6 Å². The van der Waals surface area contributed by atoms with Crippen LogP contribution in [0.15, 0.2) is 0 Å². The van der Waals surface area contributed by atoms with Gasteiger partial charge in [0.1, 0.15) is 0 Å². The molecule has 0 amide bonds. The Kier molecular flexibility index (Phi) is 24.4. The minimum atomic E-state index is -3.48. The average molecular weight is 1160 g/mol. The second-order valence-electron chi connectivity index (χ2n) is 29.8. The molecule has 14 saturated carbocycles. The van der Waals surface area contributed by atoms with E-state index >= 15 is 0 Å². The maximum Gasteiger partial charge on any atom is 0.0297 e. The van der Waals surface area contributed by atoms with Gasteiger partial charge in [-0.1, -0.05) is 311 Å². The molecule has 0 spiro atoms. The summed E-state index contributed by atoms with van der Waals surface area (Å²) in [5.41, 5.74) is -3.42. The van der Waals surface area contributed by atoms with E-state index in [2.05, 4.69) is 69.2 Å². The maximum absolute atomic E-state index is 7.39. The second kappa shape index (κ2) is 44.4. The Morgan fingerprint density at radius 2 is 0.827 bits per heavy atom. The zero-order valence-electron chi connectivity index (χ0n) is 82.3. The molecule has 0 heteroatoms. The van der Waals surface area contributed by atoms with Crippen molar-refractivity contribution >= 4 is 0 Å². The SMILES string of the molecule is CC1C2CC3CC(C2)CC1C3.CC1CC2CCC1C2.CC1CCCC1.CC1CCCCC1.CCC1C2CC3CC(C2)CC1C3.CCC1CCCC1.CCC1CCCCC1.CCCC(C)C.[2H]C([2H])([2H])C(C([2H])([2H])[2H])(C([2H])([2H])[2H])C([2H])([2H])C.[2H]C([2H])([2H])C(CC)C([2H])([2H])[2H].[2H]C([2H])([2H])C([2H])(C([2H])([2H])[2H])C([2H])([2H])C. The molecule has 81 heavy (non-hydrogen) atoms. The third kappa shape index (κ3) is 34.4. The van der Waals surface area contributed by atoms with Gasteiger partial charge in [-0.05, 0) is 207 Å². The average Bonchev–Trinajstić information content (AvgIpc) is 1.06. The van der Waals surface area contributed by atoms with Gasteiger partial charge in [-0.3, -0.25) is 0 Å². The van der Waals surface area contributed by atoms with Gasteiger partial charge in [-0.2, -0.15) is 0 Å². The van der Waals surface area contributed by atoms with E-state index in [0.717, 1.165) is 113 Å². The molecule has 0 aromatic heterocycles. The molecule has 0 N–H and O–H groups in total. The molecular formula is C81H160. The first-order valence-corrected chi connectivity index (χ1v) is 35.9. The summed E-state index contributed by atoms with van der Waals surface area (Å²) in [7, 11) is 0. The van der Waals surface area contributed by atoms with Crippen LogP contribution < -0.4 is 0 Å². The van der Waals surface area contributed by atoms with Gasteiger partial charge in [0.2, 0.25) is 0 Å². The summed E-state index contributed by atoms with van der Waals surface area (Å²) in [6.45, 7) is 4.84. The highest BCUT2D eigenvalue weighted by Crippen LogP contribution is 2.58. The fraction of sp³-hybridized carbons (Fsp3) is 1.00. The monoisotopic (exact) mass is 1160 g/mol. The summed E-state index contributed by atoms with van der Waals surface area (Å²) in [6.07, 6.45) is 50.7. The Labute approximate surface area is 552 Å². The van der Waals surface area contributed by atoms with Crippen molar-refractivity contribution in [3.63, 3.8) is 0 Å². The normalized spacial score (nSPS) is 39.3. The van der Waals surface area contributed by atoms with Crippen LogP contribution in [0.1, 0.15) is 430 Å². The van der Waals surface area contributed by atoms with Crippen LogP contribution in [0.25, 0.3) is 0 Å². The van der Waals surface area contributed by atoms with E-state index in [1.54, 1.807) is 96.8 Å². The largest absolute Gasteiger partial charge is 0.0654 e. The number of rotatable bonds is 7. The molecule has 0 radical (unpaired) electrons. The molecule has 14 aliphatic rings. The molecule has 0 saturated heterocycles. The van der Waals surface area contributed by atoms with Crippen molar-refractivity contribution in [3.05, 3.63) is 0 Å². The van der Waals surface area contributed by atoms with Crippen molar-refractivity contribution < 1.29 is 35.6 Å². The third-order valence-electron chi connectivity index (χ3n) is 22.5. The molecule has 484 valence electrons. The summed E-state index contributed by atoms with van der Waals surface area (Å²) in [5, 5.41) is 0. The van der Waals surface area contributed by atoms with Crippen LogP contribution >= 0.6 is 0 Å². The fourth-order valence-corrected chi connectivity index (χ4v) is 17.5. The number of hydrogen-bond acceptors (Lipinski definition) is 0. The Balaban J connectivity index is 0.000000405. The van der Waals surface area contributed by atoms with Crippen LogP contribution in [0.5, 0.6) is 0 Å². The van der Waals surface area contributed by atoms with E-state index in [-0.39, 0.29) is 6.42 Å². The zero-order valence-corrected chi connectivity index (χ0v) is 56.3. The van der Waals surface area contributed by atoms with E-state index in [1.807, 2.05) is 0 Å². The maximum atomic E-state index is 7.39. The highest BCUT2D eigenvalue weighted by Gasteiger charge is 2.48. The molecule has 14 aliphatic carbocycles. The highest BCUT2D eigenvalue weighted by molar-refractivity contribution is 4.98. The van der Waals surface area contributed by atoms with Crippen molar-refractivity contribution in [2.45, 2.75) is 395 Å². The number of hydrogen-bond donors (Lipinski definition) is 0. The van der Waals surface area contributed by atoms with Crippen LogP contribution in [-0.4, -0.2) is 0 Å². The van der Waals surface area contributed by atoms with Gasteiger partial charge < -0.3 is 0 Å². The molecule has 0 aliphatic heterocycles. The van der Waals surface area contributed by atoms with Crippen molar-refractivity contribution in [1.82, 2.24) is 0 Å². The van der Waals surface area contributed by atoms with Gasteiger partial charge >= 0.3 is 0 Å². The first-order chi connectivity index (χ1) is 48.9. The summed E-state index contributed by atoms with van der Waals surface area (Å²) >= 11 is 0.